The molecule has 0 aliphatic carbocycles. The second-order valence-electron chi connectivity index (χ2n) is 7.49. The van der Waals surface area contributed by atoms with Gasteiger partial charge in [0.25, 0.3) is 5.91 Å². The fourth-order valence-corrected chi connectivity index (χ4v) is 3.34. The minimum atomic E-state index is -0.146. The molecule has 156 valence electrons. The highest BCUT2D eigenvalue weighted by atomic mass is 16.5. The van der Waals surface area contributed by atoms with Gasteiger partial charge in [-0.05, 0) is 50.5 Å². The van der Waals surface area contributed by atoms with Crippen molar-refractivity contribution >= 4 is 5.91 Å². The molecule has 4 rings (SSSR count). The number of aromatic nitrogens is 3. The van der Waals surface area contributed by atoms with Gasteiger partial charge < -0.3 is 14.8 Å². The van der Waals surface area contributed by atoms with Crippen molar-refractivity contribution in [3.05, 3.63) is 60.3 Å². The molecule has 0 radical (unpaired) electrons. The van der Waals surface area contributed by atoms with Crippen LogP contribution in [0.25, 0.3) is 16.9 Å². The third-order valence-corrected chi connectivity index (χ3v) is 5.11. The molecule has 1 atom stereocenters. The molecule has 7 heteroatoms. The first kappa shape index (κ1) is 20.1. The number of hydrogen-bond donors (Lipinski definition) is 1. The van der Waals surface area contributed by atoms with Crippen molar-refractivity contribution in [2.45, 2.75) is 32.3 Å². The van der Waals surface area contributed by atoms with Gasteiger partial charge in [-0.2, -0.15) is 0 Å². The topological polar surface area (TPSA) is 78.3 Å². The van der Waals surface area contributed by atoms with Gasteiger partial charge in [0, 0.05) is 18.7 Å². The first-order chi connectivity index (χ1) is 14.7. The van der Waals surface area contributed by atoms with Gasteiger partial charge >= 0.3 is 0 Å². The molecule has 1 aliphatic rings. The molecule has 7 nitrogen and oxygen atoms in total. The molecule has 1 aliphatic heterocycles. The number of amides is 1. The molecule has 0 bridgehead atoms. The summed E-state index contributed by atoms with van der Waals surface area (Å²) < 4.78 is 12.9. The number of hydrogen-bond acceptors (Lipinski definition) is 5. The fourth-order valence-electron chi connectivity index (χ4n) is 3.34. The molecular weight excluding hydrogens is 380 g/mol. The summed E-state index contributed by atoms with van der Waals surface area (Å²) in [6, 6.07) is 15.6. The summed E-state index contributed by atoms with van der Waals surface area (Å²) in [6.45, 7) is 3.35. The van der Waals surface area contributed by atoms with Crippen LogP contribution in [-0.2, 0) is 9.53 Å². The molecule has 1 aromatic heterocycles. The van der Waals surface area contributed by atoms with E-state index in [2.05, 4.69) is 34.7 Å². The number of benzene rings is 2. The van der Waals surface area contributed by atoms with E-state index in [0.29, 0.717) is 12.3 Å². The van der Waals surface area contributed by atoms with Crippen molar-refractivity contribution in [3.63, 3.8) is 0 Å². The minimum absolute atomic E-state index is 0.0209. The van der Waals surface area contributed by atoms with Crippen LogP contribution in [0.15, 0.2) is 54.7 Å². The standard InChI is InChI=1S/C23H26N4O3/c1-17-5-7-18(8-6-17)22-15-27(26-25-22)19-9-11-20(12-10-19)30-16-23(28)24-14-21-4-2-3-13-29-21/h5-12,15,21H,2-4,13-14,16H2,1H3,(H,24,28). The summed E-state index contributed by atoms with van der Waals surface area (Å²) in [5.74, 6) is 0.481. The minimum Gasteiger partial charge on any atom is -0.484 e. The Labute approximate surface area is 176 Å². The van der Waals surface area contributed by atoms with Gasteiger partial charge in [-0.3, -0.25) is 4.79 Å². The molecule has 0 saturated carbocycles. The summed E-state index contributed by atoms with van der Waals surface area (Å²) in [4.78, 5) is 12.0. The number of aryl methyl sites for hydroxylation is 1. The normalized spacial score (nSPS) is 16.2. The number of carbonyl (C=O) groups is 1. The number of rotatable bonds is 7. The summed E-state index contributed by atoms with van der Waals surface area (Å²) in [6.07, 6.45) is 5.26. The molecule has 0 spiro atoms. The lowest BCUT2D eigenvalue weighted by Gasteiger charge is -2.22. The maximum Gasteiger partial charge on any atom is 0.258 e. The Kier molecular flexibility index (Phi) is 6.39. The summed E-state index contributed by atoms with van der Waals surface area (Å²) in [5, 5.41) is 11.3. The van der Waals surface area contributed by atoms with Crippen LogP contribution in [0.2, 0.25) is 0 Å². The van der Waals surface area contributed by atoms with Crippen molar-refractivity contribution in [1.29, 1.82) is 0 Å². The largest absolute Gasteiger partial charge is 0.484 e. The van der Waals surface area contributed by atoms with Gasteiger partial charge in [-0.1, -0.05) is 35.0 Å². The van der Waals surface area contributed by atoms with E-state index >= 15 is 0 Å². The van der Waals surface area contributed by atoms with Crippen molar-refractivity contribution in [2.75, 3.05) is 19.8 Å². The summed E-state index contributed by atoms with van der Waals surface area (Å²) in [7, 11) is 0. The molecule has 30 heavy (non-hydrogen) atoms. The van der Waals surface area contributed by atoms with Gasteiger partial charge in [0.15, 0.2) is 6.61 Å². The van der Waals surface area contributed by atoms with E-state index in [1.807, 2.05) is 42.6 Å². The Balaban J connectivity index is 1.28. The van der Waals surface area contributed by atoms with E-state index in [1.165, 1.54) is 5.56 Å². The van der Waals surface area contributed by atoms with Crippen molar-refractivity contribution in [2.24, 2.45) is 0 Å². The van der Waals surface area contributed by atoms with Crippen LogP contribution in [0.1, 0.15) is 24.8 Å². The molecule has 1 unspecified atom stereocenters. The lowest BCUT2D eigenvalue weighted by Crippen LogP contribution is -2.37. The number of nitrogens with zero attached hydrogens (tertiary/aromatic N) is 3. The first-order valence-electron chi connectivity index (χ1n) is 10.3. The monoisotopic (exact) mass is 406 g/mol. The highest BCUT2D eigenvalue weighted by molar-refractivity contribution is 5.77. The predicted molar refractivity (Wildman–Crippen MR) is 114 cm³/mol. The van der Waals surface area contributed by atoms with Gasteiger partial charge in [0.2, 0.25) is 0 Å². The fraction of sp³-hybridized carbons (Fsp3) is 0.348. The van der Waals surface area contributed by atoms with E-state index in [9.17, 15) is 4.79 Å². The van der Waals surface area contributed by atoms with Crippen molar-refractivity contribution < 1.29 is 14.3 Å². The highest BCUT2D eigenvalue weighted by Gasteiger charge is 2.14. The molecule has 1 N–H and O–H groups in total. The van der Waals surface area contributed by atoms with Crippen molar-refractivity contribution in [1.82, 2.24) is 20.3 Å². The summed E-state index contributed by atoms with van der Waals surface area (Å²) >= 11 is 0. The van der Waals surface area contributed by atoms with Gasteiger partial charge in [0.05, 0.1) is 18.0 Å². The molecule has 2 aromatic carbocycles. The van der Waals surface area contributed by atoms with E-state index < -0.39 is 0 Å². The van der Waals surface area contributed by atoms with Gasteiger partial charge in [-0.25, -0.2) is 4.68 Å². The van der Waals surface area contributed by atoms with Crippen LogP contribution in [-0.4, -0.2) is 46.8 Å². The lowest BCUT2D eigenvalue weighted by atomic mass is 10.1. The maximum absolute atomic E-state index is 12.0. The third kappa shape index (κ3) is 5.24. The predicted octanol–water partition coefficient (Wildman–Crippen LogP) is 3.31. The SMILES string of the molecule is Cc1ccc(-c2cn(-c3ccc(OCC(=O)NCC4CCCCO4)cc3)nn2)cc1. The Morgan fingerprint density at radius 1 is 1.17 bits per heavy atom. The Morgan fingerprint density at radius 2 is 1.97 bits per heavy atom. The van der Waals surface area contributed by atoms with Crippen LogP contribution in [0.4, 0.5) is 0 Å². The van der Waals surface area contributed by atoms with E-state index in [4.69, 9.17) is 9.47 Å². The zero-order valence-electron chi connectivity index (χ0n) is 17.1. The molecule has 1 fully saturated rings. The van der Waals surface area contributed by atoms with Crippen LogP contribution in [0.5, 0.6) is 5.75 Å². The van der Waals surface area contributed by atoms with Crippen molar-refractivity contribution in [3.8, 4) is 22.7 Å². The average Bonchev–Trinajstić information content (AvgIpc) is 3.28. The zero-order chi connectivity index (χ0) is 20.8. The van der Waals surface area contributed by atoms with Gasteiger partial charge in [0.1, 0.15) is 11.4 Å². The molecular formula is C23H26N4O3. The third-order valence-electron chi connectivity index (χ3n) is 5.11. The first-order valence-corrected chi connectivity index (χ1v) is 10.3. The van der Waals surface area contributed by atoms with Crippen LogP contribution in [0, 0.1) is 6.92 Å². The van der Waals surface area contributed by atoms with Crippen LogP contribution < -0.4 is 10.1 Å². The second-order valence-corrected chi connectivity index (χ2v) is 7.49. The number of carbonyl (C=O) groups excluding carboxylic acids is 1. The quantitative estimate of drug-likeness (QED) is 0.651. The average molecular weight is 406 g/mol. The Hall–Kier alpha value is -3.19. The molecule has 2 heterocycles. The van der Waals surface area contributed by atoms with Crippen LogP contribution in [0.3, 0.4) is 0 Å². The smallest absolute Gasteiger partial charge is 0.258 e. The molecule has 1 amide bonds. The van der Waals surface area contributed by atoms with Gasteiger partial charge in [-0.15, -0.1) is 5.10 Å². The molecule has 1 saturated heterocycles. The summed E-state index contributed by atoms with van der Waals surface area (Å²) in [5.41, 5.74) is 3.91. The maximum atomic E-state index is 12.0. The Morgan fingerprint density at radius 3 is 2.70 bits per heavy atom. The second kappa shape index (κ2) is 9.54. The molecule has 3 aromatic rings. The van der Waals surface area contributed by atoms with E-state index in [1.54, 1.807) is 4.68 Å². The van der Waals surface area contributed by atoms with E-state index in [-0.39, 0.29) is 18.6 Å². The lowest BCUT2D eigenvalue weighted by molar-refractivity contribution is -0.124. The Bertz CT molecular complexity index is 961. The van der Waals surface area contributed by atoms with Crippen LogP contribution >= 0.6 is 0 Å². The number of ether oxygens (including phenoxy) is 2. The zero-order valence-corrected chi connectivity index (χ0v) is 17.1. The highest BCUT2D eigenvalue weighted by Crippen LogP contribution is 2.20. The van der Waals surface area contributed by atoms with E-state index in [0.717, 1.165) is 42.8 Å². The number of nitrogens with one attached hydrogen (secondary N) is 1.